The second kappa shape index (κ2) is 4.82. The summed E-state index contributed by atoms with van der Waals surface area (Å²) in [6.45, 7) is 7.40. The molecule has 1 aliphatic rings. The first-order valence-corrected chi connectivity index (χ1v) is 6.20. The minimum Gasteiger partial charge on any atom is -0.341 e. The zero-order valence-corrected chi connectivity index (χ0v) is 10.8. The molecule has 0 bridgehead atoms. The van der Waals surface area contributed by atoms with Gasteiger partial charge in [-0.1, -0.05) is 0 Å². The third kappa shape index (κ3) is 2.46. The highest BCUT2D eigenvalue weighted by atomic mass is 16.1. The van der Waals surface area contributed by atoms with E-state index in [2.05, 4.69) is 14.9 Å². The molecule has 1 aromatic heterocycles. The Morgan fingerprint density at radius 2 is 1.59 bits per heavy atom. The van der Waals surface area contributed by atoms with E-state index >= 15 is 0 Å². The normalized spacial score (nSPS) is 16.1. The first-order valence-electron chi connectivity index (χ1n) is 6.20. The molecule has 0 amide bonds. The topological polar surface area (TPSA) is 46.1 Å². The fourth-order valence-electron chi connectivity index (χ4n) is 2.44. The van der Waals surface area contributed by atoms with E-state index in [9.17, 15) is 4.79 Å². The van der Waals surface area contributed by atoms with Crippen molar-refractivity contribution >= 4 is 11.7 Å². The van der Waals surface area contributed by atoms with E-state index in [-0.39, 0.29) is 5.78 Å². The van der Waals surface area contributed by atoms with Gasteiger partial charge < -0.3 is 4.90 Å². The Bertz CT molecular complexity index is 413. The number of hydrogen-bond acceptors (Lipinski definition) is 4. The summed E-state index contributed by atoms with van der Waals surface area (Å²) >= 11 is 0. The van der Waals surface area contributed by atoms with Crippen molar-refractivity contribution in [3.8, 4) is 0 Å². The molecule has 1 saturated heterocycles. The molecule has 0 radical (unpaired) electrons. The number of carbonyl (C=O) groups is 1. The molecule has 0 N–H and O–H groups in total. The summed E-state index contributed by atoms with van der Waals surface area (Å²) in [6.07, 6.45) is 3.70. The number of Topliss-reactive ketones (excluding diaryl/α,β-unsaturated/α-hetero) is 1. The van der Waals surface area contributed by atoms with Crippen molar-refractivity contribution < 1.29 is 4.79 Å². The van der Waals surface area contributed by atoms with Crippen LogP contribution in [0.2, 0.25) is 0 Å². The van der Waals surface area contributed by atoms with Gasteiger partial charge in [-0.15, -0.1) is 0 Å². The lowest BCUT2D eigenvalue weighted by atomic mass is 10.1. The van der Waals surface area contributed by atoms with E-state index in [1.807, 2.05) is 13.8 Å². The van der Waals surface area contributed by atoms with Gasteiger partial charge in [-0.2, -0.15) is 0 Å². The first-order chi connectivity index (χ1) is 8.09. The number of anilines is 1. The number of carbonyl (C=O) groups excluding carboxylic acids is 1. The van der Waals surface area contributed by atoms with Gasteiger partial charge in [0.15, 0.2) is 5.78 Å². The largest absolute Gasteiger partial charge is 0.341 e. The predicted molar refractivity (Wildman–Crippen MR) is 67.6 cm³/mol. The zero-order chi connectivity index (χ0) is 12.4. The van der Waals surface area contributed by atoms with E-state index in [4.69, 9.17) is 0 Å². The van der Waals surface area contributed by atoms with Crippen LogP contribution in [0.4, 0.5) is 5.95 Å². The van der Waals surface area contributed by atoms with E-state index in [0.29, 0.717) is 5.56 Å². The van der Waals surface area contributed by atoms with E-state index in [1.54, 1.807) is 6.92 Å². The molecule has 4 heteroatoms. The van der Waals surface area contributed by atoms with Crippen molar-refractivity contribution in [3.63, 3.8) is 0 Å². The van der Waals surface area contributed by atoms with Gasteiger partial charge in [0.25, 0.3) is 0 Å². The Morgan fingerprint density at radius 3 is 2.06 bits per heavy atom. The average Bonchev–Trinajstić information content (AvgIpc) is 2.28. The third-order valence-corrected chi connectivity index (χ3v) is 3.25. The van der Waals surface area contributed by atoms with Crippen LogP contribution in [-0.2, 0) is 0 Å². The maximum atomic E-state index is 11.5. The second-order valence-electron chi connectivity index (χ2n) is 4.67. The third-order valence-electron chi connectivity index (χ3n) is 3.25. The van der Waals surface area contributed by atoms with Crippen molar-refractivity contribution in [2.45, 2.75) is 40.0 Å². The number of hydrogen-bond donors (Lipinski definition) is 0. The monoisotopic (exact) mass is 233 g/mol. The standard InChI is InChI=1S/C13H19N3O/c1-9-12(11(3)17)10(2)15-13(14-9)16-7-5-4-6-8-16/h4-8H2,1-3H3. The van der Waals surface area contributed by atoms with Gasteiger partial charge in [-0.05, 0) is 40.0 Å². The Labute approximate surface area is 102 Å². The van der Waals surface area contributed by atoms with Crippen molar-refractivity contribution in [1.29, 1.82) is 0 Å². The van der Waals surface area contributed by atoms with Crippen LogP contribution in [0.1, 0.15) is 47.9 Å². The minimum atomic E-state index is 0.0465. The molecule has 1 fully saturated rings. The molecule has 0 spiro atoms. The van der Waals surface area contributed by atoms with Crippen LogP contribution < -0.4 is 4.90 Å². The van der Waals surface area contributed by atoms with Crippen molar-refractivity contribution in [1.82, 2.24) is 9.97 Å². The summed E-state index contributed by atoms with van der Waals surface area (Å²) in [5, 5.41) is 0. The van der Waals surface area contributed by atoms with Gasteiger partial charge in [0.05, 0.1) is 17.0 Å². The molecular weight excluding hydrogens is 214 g/mol. The Hall–Kier alpha value is -1.45. The summed E-state index contributed by atoms with van der Waals surface area (Å²) < 4.78 is 0. The van der Waals surface area contributed by atoms with Crippen molar-refractivity contribution in [3.05, 3.63) is 17.0 Å². The second-order valence-corrected chi connectivity index (χ2v) is 4.67. The summed E-state index contributed by atoms with van der Waals surface area (Å²) in [6, 6.07) is 0. The number of piperidine rings is 1. The number of rotatable bonds is 2. The molecular formula is C13H19N3O. The van der Waals surface area contributed by atoms with Crippen molar-refractivity contribution in [2.75, 3.05) is 18.0 Å². The Balaban J connectivity index is 2.34. The Morgan fingerprint density at radius 1 is 1.06 bits per heavy atom. The van der Waals surface area contributed by atoms with Crippen LogP contribution >= 0.6 is 0 Å². The molecule has 92 valence electrons. The molecule has 2 heterocycles. The molecule has 4 nitrogen and oxygen atoms in total. The molecule has 17 heavy (non-hydrogen) atoms. The summed E-state index contributed by atoms with van der Waals surface area (Å²) in [5.74, 6) is 0.829. The first kappa shape index (κ1) is 12.0. The lowest BCUT2D eigenvalue weighted by Gasteiger charge is -2.27. The van der Waals surface area contributed by atoms with Crippen LogP contribution in [0.3, 0.4) is 0 Å². The minimum absolute atomic E-state index is 0.0465. The van der Waals surface area contributed by atoms with Gasteiger partial charge in [0, 0.05) is 13.1 Å². The highest BCUT2D eigenvalue weighted by Gasteiger charge is 2.17. The van der Waals surface area contributed by atoms with Crippen LogP contribution in [-0.4, -0.2) is 28.8 Å². The zero-order valence-electron chi connectivity index (χ0n) is 10.8. The molecule has 0 unspecified atom stereocenters. The maximum absolute atomic E-state index is 11.5. The summed E-state index contributed by atoms with van der Waals surface area (Å²) in [7, 11) is 0. The predicted octanol–water partition coefficient (Wildman–Crippen LogP) is 2.29. The average molecular weight is 233 g/mol. The van der Waals surface area contributed by atoms with E-state index in [0.717, 1.165) is 30.4 Å². The highest BCUT2D eigenvalue weighted by molar-refractivity contribution is 5.96. The number of aryl methyl sites for hydroxylation is 2. The molecule has 0 atom stereocenters. The smallest absolute Gasteiger partial charge is 0.225 e. The summed E-state index contributed by atoms with van der Waals surface area (Å²) in [4.78, 5) is 22.6. The summed E-state index contributed by atoms with van der Waals surface area (Å²) in [5.41, 5.74) is 2.27. The van der Waals surface area contributed by atoms with Gasteiger partial charge in [-0.3, -0.25) is 4.79 Å². The van der Waals surface area contributed by atoms with Crippen LogP contribution in [0, 0.1) is 13.8 Å². The molecule has 0 aromatic carbocycles. The van der Waals surface area contributed by atoms with Gasteiger partial charge >= 0.3 is 0 Å². The lowest BCUT2D eigenvalue weighted by molar-refractivity contribution is 0.101. The number of nitrogens with zero attached hydrogens (tertiary/aromatic N) is 3. The fourth-order valence-corrected chi connectivity index (χ4v) is 2.44. The number of ketones is 1. The fraction of sp³-hybridized carbons (Fsp3) is 0.615. The molecule has 1 aromatic rings. The molecule has 2 rings (SSSR count). The van der Waals surface area contributed by atoms with Gasteiger partial charge in [0.2, 0.25) is 5.95 Å². The van der Waals surface area contributed by atoms with Crippen molar-refractivity contribution in [2.24, 2.45) is 0 Å². The van der Waals surface area contributed by atoms with E-state index in [1.165, 1.54) is 19.3 Å². The molecule has 0 saturated carbocycles. The molecule has 1 aliphatic heterocycles. The van der Waals surface area contributed by atoms with Crippen LogP contribution in [0.15, 0.2) is 0 Å². The number of aromatic nitrogens is 2. The van der Waals surface area contributed by atoms with Gasteiger partial charge in [0.1, 0.15) is 0 Å². The van der Waals surface area contributed by atoms with E-state index < -0.39 is 0 Å². The quantitative estimate of drug-likeness (QED) is 0.735. The maximum Gasteiger partial charge on any atom is 0.225 e. The van der Waals surface area contributed by atoms with Crippen LogP contribution in [0.25, 0.3) is 0 Å². The van der Waals surface area contributed by atoms with Gasteiger partial charge in [-0.25, -0.2) is 9.97 Å². The van der Waals surface area contributed by atoms with Crippen LogP contribution in [0.5, 0.6) is 0 Å². The molecule has 0 aliphatic carbocycles. The SMILES string of the molecule is CC(=O)c1c(C)nc(N2CCCCC2)nc1C. The lowest BCUT2D eigenvalue weighted by Crippen LogP contribution is -2.31. The Kier molecular flexibility index (Phi) is 3.41. The highest BCUT2D eigenvalue weighted by Crippen LogP contribution is 2.19.